The fourth-order valence-corrected chi connectivity index (χ4v) is 5.64. The molecule has 140 valence electrons. The second-order valence-electron chi connectivity index (χ2n) is 7.68. The van der Waals surface area contributed by atoms with Crippen molar-refractivity contribution in [3.63, 3.8) is 0 Å². The average Bonchev–Trinajstić information content (AvgIpc) is 3.10. The maximum Gasteiger partial charge on any atom is 0.218 e. The molecule has 0 unspecified atom stereocenters. The van der Waals surface area contributed by atoms with Gasteiger partial charge in [-0.15, -0.1) is 0 Å². The largest absolute Gasteiger partial charge is 0.371 e. The molecule has 0 amide bonds. The molecule has 6 heteroatoms. The van der Waals surface area contributed by atoms with Crippen LogP contribution < -0.4 is 4.90 Å². The van der Waals surface area contributed by atoms with Crippen molar-refractivity contribution in [1.29, 1.82) is 0 Å². The summed E-state index contributed by atoms with van der Waals surface area (Å²) in [6, 6.07) is 6.89. The van der Waals surface area contributed by atoms with Crippen LogP contribution in [0.1, 0.15) is 36.8 Å². The lowest BCUT2D eigenvalue weighted by atomic mass is 10.0. The molecule has 0 atom stereocenters. The van der Waals surface area contributed by atoms with Gasteiger partial charge in [-0.3, -0.25) is 0 Å². The molecular weight excluding hydrogens is 334 g/mol. The van der Waals surface area contributed by atoms with E-state index in [0.29, 0.717) is 19.1 Å². The van der Waals surface area contributed by atoms with Crippen molar-refractivity contribution in [3.8, 4) is 0 Å². The normalized spacial score (nSPS) is 20.6. The maximum absolute atomic E-state index is 12.8. The van der Waals surface area contributed by atoms with Crippen molar-refractivity contribution in [2.45, 2.75) is 44.4 Å². The average molecular weight is 366 g/mol. The molecule has 0 saturated carbocycles. The van der Waals surface area contributed by atoms with Crippen molar-refractivity contribution in [2.24, 2.45) is 0 Å². The second kappa shape index (κ2) is 7.64. The van der Waals surface area contributed by atoms with Gasteiger partial charge in [0.25, 0.3) is 0 Å². The summed E-state index contributed by atoms with van der Waals surface area (Å²) < 4.78 is 27.2. The lowest BCUT2D eigenvalue weighted by Crippen LogP contribution is -2.42. The van der Waals surface area contributed by atoms with E-state index in [-0.39, 0.29) is 5.75 Å². The van der Waals surface area contributed by atoms with Gasteiger partial charge in [-0.2, -0.15) is 0 Å². The smallest absolute Gasteiger partial charge is 0.218 e. The molecule has 0 aromatic heterocycles. The van der Waals surface area contributed by atoms with Crippen molar-refractivity contribution >= 4 is 15.7 Å². The molecular formula is C19H31N3O2S. The van der Waals surface area contributed by atoms with E-state index in [1.54, 1.807) is 4.31 Å². The molecule has 2 saturated heterocycles. The zero-order chi connectivity index (χ0) is 18.0. The van der Waals surface area contributed by atoms with Gasteiger partial charge in [0, 0.05) is 37.9 Å². The molecule has 0 aliphatic carbocycles. The summed E-state index contributed by atoms with van der Waals surface area (Å²) in [5.74, 6) is 0.123. The van der Waals surface area contributed by atoms with E-state index < -0.39 is 10.0 Å². The summed E-state index contributed by atoms with van der Waals surface area (Å²) in [5, 5.41) is 0. The number of benzene rings is 1. The van der Waals surface area contributed by atoms with Gasteiger partial charge in [0.05, 0.1) is 5.75 Å². The van der Waals surface area contributed by atoms with Crippen molar-refractivity contribution in [2.75, 3.05) is 45.2 Å². The molecule has 1 aromatic carbocycles. The third-order valence-corrected chi connectivity index (χ3v) is 7.39. The summed E-state index contributed by atoms with van der Waals surface area (Å²) >= 11 is 0. The van der Waals surface area contributed by atoms with Gasteiger partial charge < -0.3 is 9.80 Å². The number of rotatable bonds is 5. The maximum atomic E-state index is 12.8. The highest BCUT2D eigenvalue weighted by molar-refractivity contribution is 7.88. The zero-order valence-corrected chi connectivity index (χ0v) is 16.6. The van der Waals surface area contributed by atoms with Crippen LogP contribution in [0.3, 0.4) is 0 Å². The molecule has 0 spiro atoms. The van der Waals surface area contributed by atoms with Gasteiger partial charge in [-0.1, -0.05) is 17.7 Å². The Bertz CT molecular complexity index is 689. The van der Waals surface area contributed by atoms with Crippen molar-refractivity contribution < 1.29 is 8.42 Å². The summed E-state index contributed by atoms with van der Waals surface area (Å²) in [6.07, 6.45) is 4.22. The Labute approximate surface area is 152 Å². The molecule has 2 aliphatic heterocycles. The quantitative estimate of drug-likeness (QED) is 0.804. The molecule has 0 bridgehead atoms. The van der Waals surface area contributed by atoms with Gasteiger partial charge in [0.15, 0.2) is 0 Å². The van der Waals surface area contributed by atoms with E-state index in [0.717, 1.165) is 55.6 Å². The number of nitrogens with zero attached hydrogens (tertiary/aromatic N) is 3. The van der Waals surface area contributed by atoms with E-state index >= 15 is 0 Å². The fraction of sp³-hybridized carbons (Fsp3) is 0.684. The first-order chi connectivity index (χ1) is 11.9. The monoisotopic (exact) mass is 365 g/mol. The highest BCUT2D eigenvalue weighted by Crippen LogP contribution is 2.29. The zero-order valence-electron chi connectivity index (χ0n) is 15.7. The SMILES string of the molecule is Cc1ccc(N2CCC(N(C)C)CC2)c(CS(=O)(=O)N2CCCC2)c1. The minimum Gasteiger partial charge on any atom is -0.371 e. The predicted molar refractivity (Wildman–Crippen MR) is 104 cm³/mol. The summed E-state index contributed by atoms with van der Waals surface area (Å²) in [7, 11) is 1.06. The molecule has 3 rings (SSSR count). The molecule has 2 fully saturated rings. The molecule has 25 heavy (non-hydrogen) atoms. The van der Waals surface area contributed by atoms with Crippen LogP contribution in [0, 0.1) is 6.92 Å². The van der Waals surface area contributed by atoms with E-state index in [2.05, 4.69) is 42.1 Å². The Morgan fingerprint density at radius 2 is 1.72 bits per heavy atom. The molecule has 2 heterocycles. The van der Waals surface area contributed by atoms with E-state index in [9.17, 15) is 8.42 Å². The van der Waals surface area contributed by atoms with Crippen molar-refractivity contribution in [3.05, 3.63) is 29.3 Å². The number of sulfonamides is 1. The summed E-state index contributed by atoms with van der Waals surface area (Å²) in [6.45, 7) is 5.37. The number of hydrogen-bond acceptors (Lipinski definition) is 4. The summed E-state index contributed by atoms with van der Waals surface area (Å²) in [4.78, 5) is 4.67. The third-order valence-electron chi connectivity index (χ3n) is 5.57. The Morgan fingerprint density at radius 3 is 2.32 bits per heavy atom. The van der Waals surface area contributed by atoms with E-state index in [1.807, 2.05) is 6.92 Å². The van der Waals surface area contributed by atoms with Crippen molar-refractivity contribution in [1.82, 2.24) is 9.21 Å². The number of aryl methyl sites for hydroxylation is 1. The lowest BCUT2D eigenvalue weighted by molar-refractivity contribution is 0.249. The molecule has 1 aromatic rings. The first kappa shape index (κ1) is 18.7. The van der Waals surface area contributed by atoms with E-state index in [1.165, 1.54) is 0 Å². The standard InChI is InChI=1S/C19H31N3O2S/c1-16-6-7-19(21-12-8-18(9-13-21)20(2)3)17(14-16)15-25(23,24)22-10-4-5-11-22/h6-7,14,18H,4-5,8-13,15H2,1-3H3. The highest BCUT2D eigenvalue weighted by Gasteiger charge is 2.28. The third kappa shape index (κ3) is 4.36. The van der Waals surface area contributed by atoms with Crippen LogP contribution in [0.2, 0.25) is 0 Å². The Balaban J connectivity index is 1.79. The van der Waals surface area contributed by atoms with Crippen LogP contribution in [0.4, 0.5) is 5.69 Å². The second-order valence-corrected chi connectivity index (χ2v) is 9.65. The van der Waals surface area contributed by atoms with Gasteiger partial charge in [-0.05, 0) is 58.3 Å². The molecule has 0 radical (unpaired) electrons. The summed E-state index contributed by atoms with van der Waals surface area (Å²) in [5.41, 5.74) is 3.18. The first-order valence-corrected chi connectivity index (χ1v) is 11.0. The molecule has 5 nitrogen and oxygen atoms in total. The van der Waals surface area contributed by atoms with Crippen LogP contribution in [-0.4, -0.2) is 63.9 Å². The van der Waals surface area contributed by atoms with Gasteiger partial charge >= 0.3 is 0 Å². The lowest BCUT2D eigenvalue weighted by Gasteiger charge is -2.37. The Morgan fingerprint density at radius 1 is 1.08 bits per heavy atom. The van der Waals surface area contributed by atoms with Gasteiger partial charge in [0.1, 0.15) is 0 Å². The number of hydrogen-bond donors (Lipinski definition) is 0. The minimum absolute atomic E-state index is 0.123. The topological polar surface area (TPSA) is 43.9 Å². The minimum atomic E-state index is -3.22. The van der Waals surface area contributed by atoms with Gasteiger partial charge in [-0.25, -0.2) is 12.7 Å². The van der Waals surface area contributed by atoms with Crippen LogP contribution in [-0.2, 0) is 15.8 Å². The Hall–Kier alpha value is -1.11. The van der Waals surface area contributed by atoms with E-state index in [4.69, 9.17) is 0 Å². The highest BCUT2D eigenvalue weighted by atomic mass is 32.2. The Kier molecular flexibility index (Phi) is 5.71. The fourth-order valence-electron chi connectivity index (χ4n) is 4.02. The molecule has 2 aliphatic rings. The van der Waals surface area contributed by atoms with Crippen LogP contribution >= 0.6 is 0 Å². The van der Waals surface area contributed by atoms with Gasteiger partial charge in [0.2, 0.25) is 10.0 Å². The van der Waals surface area contributed by atoms with Crippen LogP contribution in [0.15, 0.2) is 18.2 Å². The first-order valence-electron chi connectivity index (χ1n) is 9.35. The van der Waals surface area contributed by atoms with Crippen LogP contribution in [0.5, 0.6) is 0 Å². The number of piperidine rings is 1. The van der Waals surface area contributed by atoms with Crippen LogP contribution in [0.25, 0.3) is 0 Å². The molecule has 0 N–H and O–H groups in total. The number of anilines is 1. The predicted octanol–water partition coefficient (Wildman–Crippen LogP) is 2.45.